The average molecular weight is 212 g/mol. The van der Waals surface area contributed by atoms with Crippen LogP contribution >= 0.6 is 0 Å². The third-order valence-corrected chi connectivity index (χ3v) is 4.05. The monoisotopic (exact) mass is 212 g/mol. The summed E-state index contributed by atoms with van der Waals surface area (Å²) >= 11 is 0. The van der Waals surface area contributed by atoms with E-state index in [1.807, 2.05) is 7.05 Å². The van der Waals surface area contributed by atoms with Crippen LogP contribution in [0.4, 0.5) is 0 Å². The molecular weight excluding hydrogens is 188 g/mol. The van der Waals surface area contributed by atoms with Gasteiger partial charge in [0.25, 0.3) is 0 Å². The molecule has 0 aromatic heterocycles. The van der Waals surface area contributed by atoms with E-state index in [2.05, 4.69) is 10.2 Å². The summed E-state index contributed by atoms with van der Waals surface area (Å²) in [7, 11) is 1.92. The molecule has 1 aliphatic heterocycles. The number of likely N-dealkylation sites (tertiary alicyclic amines) is 1. The third-order valence-electron chi connectivity index (χ3n) is 4.05. The number of likely N-dealkylation sites (N-methyl/N-ethyl adjacent to an activating group) is 1. The van der Waals surface area contributed by atoms with E-state index in [9.17, 15) is 5.11 Å². The zero-order valence-electron chi connectivity index (χ0n) is 9.84. The van der Waals surface area contributed by atoms with Crippen LogP contribution < -0.4 is 5.32 Å². The van der Waals surface area contributed by atoms with E-state index in [-0.39, 0.29) is 0 Å². The predicted octanol–water partition coefficient (Wildman–Crippen LogP) is 0.975. The average Bonchev–Trinajstić information content (AvgIpc) is 2.72. The number of hydrogen-bond donors (Lipinski definition) is 2. The maximum absolute atomic E-state index is 10.3. The summed E-state index contributed by atoms with van der Waals surface area (Å²) in [6.07, 6.45) is 7.04. The predicted molar refractivity (Wildman–Crippen MR) is 61.9 cm³/mol. The maximum atomic E-state index is 10.3. The highest BCUT2D eigenvalue weighted by molar-refractivity contribution is 4.91. The molecule has 0 atom stereocenters. The van der Waals surface area contributed by atoms with Crippen LogP contribution in [0.1, 0.15) is 38.5 Å². The number of nitrogens with zero attached hydrogens (tertiary/aromatic N) is 1. The van der Waals surface area contributed by atoms with Crippen LogP contribution in [0, 0.1) is 0 Å². The lowest BCUT2D eigenvalue weighted by molar-refractivity contribution is -0.0149. The van der Waals surface area contributed by atoms with Crippen LogP contribution in [0.5, 0.6) is 0 Å². The van der Waals surface area contributed by atoms with Crippen molar-refractivity contribution in [3.8, 4) is 0 Å². The highest BCUT2D eigenvalue weighted by Crippen LogP contribution is 2.31. The molecule has 3 nitrogen and oxygen atoms in total. The number of nitrogens with one attached hydrogen (secondary N) is 1. The Morgan fingerprint density at radius 1 is 1.27 bits per heavy atom. The SMILES string of the molecule is CNCC1(O)CCC(N2CCCC2)CC1. The Kier molecular flexibility index (Phi) is 3.65. The van der Waals surface area contributed by atoms with Crippen molar-refractivity contribution >= 4 is 0 Å². The van der Waals surface area contributed by atoms with E-state index in [0.717, 1.165) is 25.4 Å². The summed E-state index contributed by atoms with van der Waals surface area (Å²) in [5.41, 5.74) is -0.426. The molecule has 15 heavy (non-hydrogen) atoms. The van der Waals surface area contributed by atoms with Gasteiger partial charge in [-0.3, -0.25) is 0 Å². The van der Waals surface area contributed by atoms with E-state index in [1.165, 1.54) is 38.8 Å². The molecule has 0 aromatic rings. The van der Waals surface area contributed by atoms with Crippen LogP contribution in [0.2, 0.25) is 0 Å². The summed E-state index contributed by atoms with van der Waals surface area (Å²) < 4.78 is 0. The van der Waals surface area contributed by atoms with Crippen molar-refractivity contribution < 1.29 is 5.11 Å². The lowest BCUT2D eigenvalue weighted by Gasteiger charge is -2.39. The molecule has 0 spiro atoms. The maximum Gasteiger partial charge on any atom is 0.0772 e. The van der Waals surface area contributed by atoms with E-state index in [4.69, 9.17) is 0 Å². The van der Waals surface area contributed by atoms with Gasteiger partial charge >= 0.3 is 0 Å². The fourth-order valence-electron chi connectivity index (χ4n) is 3.12. The molecule has 1 saturated heterocycles. The number of rotatable bonds is 3. The molecule has 0 amide bonds. The molecule has 1 heterocycles. The van der Waals surface area contributed by atoms with E-state index in [1.54, 1.807) is 0 Å². The summed E-state index contributed by atoms with van der Waals surface area (Å²) in [6.45, 7) is 3.32. The van der Waals surface area contributed by atoms with Gasteiger partial charge in [-0.15, -0.1) is 0 Å². The highest BCUT2D eigenvalue weighted by Gasteiger charge is 2.35. The van der Waals surface area contributed by atoms with Crippen molar-refractivity contribution in [2.75, 3.05) is 26.7 Å². The quantitative estimate of drug-likeness (QED) is 0.732. The van der Waals surface area contributed by atoms with Crippen molar-refractivity contribution in [2.24, 2.45) is 0 Å². The Morgan fingerprint density at radius 2 is 1.87 bits per heavy atom. The van der Waals surface area contributed by atoms with Crippen molar-refractivity contribution in [3.63, 3.8) is 0 Å². The standard InChI is InChI=1S/C12H24N2O/c1-13-10-12(15)6-4-11(5-7-12)14-8-2-3-9-14/h11,13,15H,2-10H2,1H3. The van der Waals surface area contributed by atoms with E-state index >= 15 is 0 Å². The number of aliphatic hydroxyl groups is 1. The van der Waals surface area contributed by atoms with Crippen LogP contribution in [0.25, 0.3) is 0 Å². The lowest BCUT2D eigenvalue weighted by Crippen LogP contribution is -2.47. The van der Waals surface area contributed by atoms with Crippen LogP contribution in [0.15, 0.2) is 0 Å². The van der Waals surface area contributed by atoms with Gasteiger partial charge in [-0.05, 0) is 58.7 Å². The molecule has 2 rings (SSSR count). The molecule has 3 heteroatoms. The zero-order valence-corrected chi connectivity index (χ0v) is 9.84. The van der Waals surface area contributed by atoms with Crippen molar-refractivity contribution in [1.29, 1.82) is 0 Å². The normalized spacial score (nSPS) is 38.4. The molecule has 2 fully saturated rings. The largest absolute Gasteiger partial charge is 0.389 e. The topological polar surface area (TPSA) is 35.5 Å². The van der Waals surface area contributed by atoms with Crippen LogP contribution in [0.3, 0.4) is 0 Å². The molecule has 88 valence electrons. The molecule has 1 aliphatic carbocycles. The smallest absolute Gasteiger partial charge is 0.0772 e. The summed E-state index contributed by atoms with van der Waals surface area (Å²) in [5.74, 6) is 0. The molecular formula is C12H24N2O. The molecule has 0 aromatic carbocycles. The first-order valence-corrected chi connectivity index (χ1v) is 6.34. The van der Waals surface area contributed by atoms with Crippen molar-refractivity contribution in [1.82, 2.24) is 10.2 Å². The Bertz CT molecular complexity index is 194. The van der Waals surface area contributed by atoms with Gasteiger partial charge < -0.3 is 15.3 Å². The first kappa shape index (κ1) is 11.4. The fraction of sp³-hybridized carbons (Fsp3) is 1.00. The minimum absolute atomic E-state index is 0.426. The first-order valence-electron chi connectivity index (χ1n) is 6.34. The minimum atomic E-state index is -0.426. The highest BCUT2D eigenvalue weighted by atomic mass is 16.3. The number of hydrogen-bond acceptors (Lipinski definition) is 3. The molecule has 0 radical (unpaired) electrons. The van der Waals surface area contributed by atoms with Gasteiger partial charge in [-0.25, -0.2) is 0 Å². The van der Waals surface area contributed by atoms with Crippen LogP contribution in [-0.2, 0) is 0 Å². The van der Waals surface area contributed by atoms with E-state index in [0.29, 0.717) is 0 Å². The minimum Gasteiger partial charge on any atom is -0.389 e. The van der Waals surface area contributed by atoms with Gasteiger partial charge in [0.15, 0.2) is 0 Å². The summed E-state index contributed by atoms with van der Waals surface area (Å²) in [6, 6.07) is 0.754. The molecule has 2 N–H and O–H groups in total. The zero-order chi connectivity index (χ0) is 10.7. The van der Waals surface area contributed by atoms with Crippen molar-refractivity contribution in [2.45, 2.75) is 50.2 Å². The second kappa shape index (κ2) is 4.81. The lowest BCUT2D eigenvalue weighted by atomic mass is 9.81. The third kappa shape index (κ3) is 2.71. The van der Waals surface area contributed by atoms with Crippen molar-refractivity contribution in [3.05, 3.63) is 0 Å². The van der Waals surface area contributed by atoms with Gasteiger partial charge in [0, 0.05) is 12.6 Å². The second-order valence-corrected chi connectivity index (χ2v) is 5.23. The van der Waals surface area contributed by atoms with Gasteiger partial charge in [-0.1, -0.05) is 0 Å². The van der Waals surface area contributed by atoms with Gasteiger partial charge in [0.1, 0.15) is 0 Å². The fourth-order valence-corrected chi connectivity index (χ4v) is 3.12. The van der Waals surface area contributed by atoms with Gasteiger partial charge in [0.05, 0.1) is 5.60 Å². The van der Waals surface area contributed by atoms with Gasteiger partial charge in [-0.2, -0.15) is 0 Å². The molecule has 1 saturated carbocycles. The summed E-state index contributed by atoms with van der Waals surface area (Å²) in [5, 5.41) is 13.3. The molecule has 0 unspecified atom stereocenters. The molecule has 0 bridgehead atoms. The Balaban J connectivity index is 1.80. The molecule has 2 aliphatic rings. The Labute approximate surface area is 92.8 Å². The van der Waals surface area contributed by atoms with E-state index < -0.39 is 5.60 Å². The Hall–Kier alpha value is -0.120. The van der Waals surface area contributed by atoms with Gasteiger partial charge in [0.2, 0.25) is 0 Å². The summed E-state index contributed by atoms with van der Waals surface area (Å²) in [4.78, 5) is 2.62. The first-order chi connectivity index (χ1) is 7.23. The Morgan fingerprint density at radius 3 is 2.40 bits per heavy atom. The van der Waals surface area contributed by atoms with Crippen LogP contribution in [-0.4, -0.2) is 48.3 Å². The second-order valence-electron chi connectivity index (χ2n) is 5.23.